The number of benzene rings is 1. The summed E-state index contributed by atoms with van der Waals surface area (Å²) in [4.78, 5) is 49.1. The number of aliphatic carboxylic acids is 1. The minimum Gasteiger partial charge on any atom is -0.481 e. The van der Waals surface area contributed by atoms with E-state index in [9.17, 15) is 44.7 Å². The van der Waals surface area contributed by atoms with Crippen molar-refractivity contribution in [2.24, 2.45) is 11.7 Å². The summed E-state index contributed by atoms with van der Waals surface area (Å²) in [6.07, 6.45) is -5.15. The Labute approximate surface area is 227 Å². The van der Waals surface area contributed by atoms with Crippen molar-refractivity contribution in [2.75, 3.05) is 6.61 Å². The Morgan fingerprint density at radius 2 is 1.56 bits per heavy atom. The summed E-state index contributed by atoms with van der Waals surface area (Å²) in [7, 11) is 0. The van der Waals surface area contributed by atoms with Gasteiger partial charge in [-0.15, -0.1) is 6.58 Å². The summed E-state index contributed by atoms with van der Waals surface area (Å²) in [5.74, 6) is -3.86. The molecule has 0 bridgehead atoms. The van der Waals surface area contributed by atoms with Gasteiger partial charge in [0.1, 0.15) is 18.2 Å². The third-order valence-electron chi connectivity index (χ3n) is 5.87. The Balaban J connectivity index is 2.94. The van der Waals surface area contributed by atoms with Crippen LogP contribution in [0.1, 0.15) is 44.7 Å². The normalized spacial score (nSPS) is 16.6. The van der Waals surface area contributed by atoms with Gasteiger partial charge in [0.25, 0.3) is 5.91 Å². The number of carbonyl (C=O) groups is 4. The van der Waals surface area contributed by atoms with Crippen molar-refractivity contribution < 1.29 is 44.7 Å². The number of rotatable bonds is 17. The molecular formula is C26H40N4O9. The zero-order valence-electron chi connectivity index (χ0n) is 22.1. The Bertz CT molecular complexity index is 960. The first-order chi connectivity index (χ1) is 18.3. The van der Waals surface area contributed by atoms with Gasteiger partial charge in [0.2, 0.25) is 11.8 Å². The van der Waals surface area contributed by atoms with Crippen LogP contribution in [0, 0.1) is 5.92 Å². The number of carboxylic acids is 1. The molecule has 1 aromatic rings. The Hall–Kier alpha value is -3.36. The summed E-state index contributed by atoms with van der Waals surface area (Å²) in [5, 5.41) is 57.5. The first kappa shape index (κ1) is 33.7. The van der Waals surface area contributed by atoms with E-state index in [0.29, 0.717) is 5.56 Å². The highest BCUT2D eigenvalue weighted by Gasteiger charge is 2.37. The molecule has 0 spiro atoms. The average Bonchev–Trinajstić information content (AvgIpc) is 2.89. The topological polar surface area (TPSA) is 232 Å². The first-order valence-corrected chi connectivity index (χ1v) is 12.5. The maximum Gasteiger partial charge on any atom is 0.305 e. The van der Waals surface area contributed by atoms with Crippen LogP contribution < -0.4 is 21.7 Å². The smallest absolute Gasteiger partial charge is 0.305 e. The molecule has 0 aliphatic rings. The van der Waals surface area contributed by atoms with E-state index in [1.54, 1.807) is 44.2 Å². The monoisotopic (exact) mass is 552 g/mol. The van der Waals surface area contributed by atoms with Crippen molar-refractivity contribution in [1.29, 1.82) is 0 Å². The molecule has 0 unspecified atom stereocenters. The van der Waals surface area contributed by atoms with Crippen LogP contribution in [-0.4, -0.2) is 92.3 Å². The summed E-state index contributed by atoms with van der Waals surface area (Å²) in [6.45, 7) is 6.23. The van der Waals surface area contributed by atoms with Gasteiger partial charge in [-0.3, -0.25) is 19.2 Å². The van der Waals surface area contributed by atoms with Crippen LogP contribution >= 0.6 is 0 Å². The van der Waals surface area contributed by atoms with Crippen LogP contribution in [0.15, 0.2) is 43.0 Å². The molecule has 13 nitrogen and oxygen atoms in total. The van der Waals surface area contributed by atoms with E-state index in [-0.39, 0.29) is 18.8 Å². The molecule has 0 aromatic heterocycles. The molecule has 0 radical (unpaired) electrons. The van der Waals surface area contributed by atoms with Crippen molar-refractivity contribution >= 4 is 23.7 Å². The zero-order chi connectivity index (χ0) is 29.7. The van der Waals surface area contributed by atoms with Gasteiger partial charge in [-0.2, -0.15) is 0 Å². The number of hydrogen-bond donors (Lipinski definition) is 9. The van der Waals surface area contributed by atoms with E-state index in [0.717, 1.165) is 0 Å². The van der Waals surface area contributed by atoms with Crippen LogP contribution in [0.5, 0.6) is 0 Å². The predicted molar refractivity (Wildman–Crippen MR) is 141 cm³/mol. The van der Waals surface area contributed by atoms with Crippen molar-refractivity contribution in [3.05, 3.63) is 48.6 Å². The summed E-state index contributed by atoms with van der Waals surface area (Å²) in [6, 6.07) is 3.46. The number of carboxylic acid groups (broad SMARTS) is 1. The standard InChI is InChI=1S/C26H40N4O9/c1-4-8-16(27)24(37)29-18(11-14(2)3)25(38)30-19(13-31)21(34)22(35)23(36)26(39)28-17(12-20(32)33)15-9-6-5-7-10-15/h4-7,9-10,14,16-19,21-23,31,34-36H,1,8,11-13,27H2,2-3H3,(H,28,39)(H,29,37)(H,30,38)(H,32,33)/t16-,17-,18-,19-,21+,22+,23-/m0/s1. The molecule has 0 saturated heterocycles. The minimum atomic E-state index is -2.24. The van der Waals surface area contributed by atoms with E-state index >= 15 is 0 Å². The molecular weight excluding hydrogens is 512 g/mol. The van der Waals surface area contributed by atoms with E-state index in [1.807, 2.05) is 0 Å². The largest absolute Gasteiger partial charge is 0.481 e. The van der Waals surface area contributed by atoms with Gasteiger partial charge in [-0.05, 0) is 24.3 Å². The number of nitrogens with two attached hydrogens (primary N) is 1. The van der Waals surface area contributed by atoms with Crippen molar-refractivity contribution in [1.82, 2.24) is 16.0 Å². The molecule has 1 aromatic carbocycles. The molecule has 0 aliphatic carbocycles. The van der Waals surface area contributed by atoms with Crippen molar-refractivity contribution in [3.8, 4) is 0 Å². The number of nitrogens with one attached hydrogen (secondary N) is 3. The van der Waals surface area contributed by atoms with Crippen LogP contribution in [0.3, 0.4) is 0 Å². The molecule has 7 atom stereocenters. The third kappa shape index (κ3) is 11.1. The predicted octanol–water partition coefficient (Wildman–Crippen LogP) is -1.69. The maximum absolute atomic E-state index is 12.9. The number of aliphatic hydroxyl groups excluding tert-OH is 4. The number of aliphatic hydroxyl groups is 4. The number of amides is 3. The number of hydrogen-bond acceptors (Lipinski definition) is 9. The van der Waals surface area contributed by atoms with Crippen LogP contribution in [0.2, 0.25) is 0 Å². The highest BCUT2D eigenvalue weighted by molar-refractivity contribution is 5.90. The second-order valence-corrected chi connectivity index (χ2v) is 9.61. The molecule has 0 fully saturated rings. The Morgan fingerprint density at radius 3 is 2.08 bits per heavy atom. The fourth-order valence-corrected chi connectivity index (χ4v) is 3.74. The van der Waals surface area contributed by atoms with Crippen molar-refractivity contribution in [3.63, 3.8) is 0 Å². The van der Waals surface area contributed by atoms with Crippen LogP contribution in [-0.2, 0) is 19.2 Å². The Morgan fingerprint density at radius 1 is 0.949 bits per heavy atom. The summed E-state index contributed by atoms with van der Waals surface area (Å²) < 4.78 is 0. The summed E-state index contributed by atoms with van der Waals surface area (Å²) >= 11 is 0. The van der Waals surface area contributed by atoms with Gasteiger partial charge in [0.05, 0.1) is 31.2 Å². The minimum absolute atomic E-state index is 0.0475. The van der Waals surface area contributed by atoms with Crippen molar-refractivity contribution in [2.45, 2.75) is 75.6 Å². The van der Waals surface area contributed by atoms with Gasteiger partial charge < -0.3 is 47.2 Å². The molecule has 1 rings (SSSR count). The molecule has 0 heterocycles. The second kappa shape index (κ2) is 16.6. The van der Waals surface area contributed by atoms with Crippen LogP contribution in [0.4, 0.5) is 0 Å². The van der Waals surface area contributed by atoms with E-state index < -0.39 is 79.2 Å². The van der Waals surface area contributed by atoms with Gasteiger partial charge >= 0.3 is 5.97 Å². The third-order valence-corrected chi connectivity index (χ3v) is 5.87. The fourth-order valence-electron chi connectivity index (χ4n) is 3.74. The lowest BCUT2D eigenvalue weighted by atomic mass is 9.98. The molecule has 39 heavy (non-hydrogen) atoms. The van der Waals surface area contributed by atoms with Gasteiger partial charge in [-0.1, -0.05) is 50.3 Å². The second-order valence-electron chi connectivity index (χ2n) is 9.61. The molecule has 0 saturated carbocycles. The molecule has 10 N–H and O–H groups in total. The van der Waals surface area contributed by atoms with E-state index in [4.69, 9.17) is 5.73 Å². The lowest BCUT2D eigenvalue weighted by molar-refractivity contribution is -0.145. The zero-order valence-corrected chi connectivity index (χ0v) is 22.1. The lowest BCUT2D eigenvalue weighted by Gasteiger charge is -2.31. The van der Waals surface area contributed by atoms with Gasteiger partial charge in [-0.25, -0.2) is 0 Å². The lowest BCUT2D eigenvalue weighted by Crippen LogP contribution is -2.60. The first-order valence-electron chi connectivity index (χ1n) is 12.5. The SMILES string of the molecule is C=CC[C@H](N)C(=O)N[C@@H](CC(C)C)C(=O)N[C@@H](CO)[C@@H](O)[C@@H](O)[C@H](O)C(=O)N[C@@H](CC(=O)O)c1ccccc1. The Kier molecular flexibility index (Phi) is 14.3. The quantitative estimate of drug-likeness (QED) is 0.0995. The molecule has 3 amide bonds. The van der Waals surface area contributed by atoms with Crippen LogP contribution in [0.25, 0.3) is 0 Å². The molecule has 0 aliphatic heterocycles. The van der Waals surface area contributed by atoms with E-state index in [1.165, 1.54) is 6.08 Å². The van der Waals surface area contributed by atoms with Gasteiger partial charge in [0.15, 0.2) is 6.10 Å². The number of carbonyl (C=O) groups excluding carboxylic acids is 3. The highest BCUT2D eigenvalue weighted by Crippen LogP contribution is 2.18. The average molecular weight is 553 g/mol. The van der Waals surface area contributed by atoms with E-state index in [2.05, 4.69) is 22.5 Å². The highest BCUT2D eigenvalue weighted by atomic mass is 16.4. The summed E-state index contributed by atoms with van der Waals surface area (Å²) in [5.41, 5.74) is 6.19. The molecule has 13 heteroatoms. The van der Waals surface area contributed by atoms with Gasteiger partial charge in [0, 0.05) is 0 Å². The molecule has 218 valence electrons. The fraction of sp³-hybridized carbons (Fsp3) is 0.538. The maximum atomic E-state index is 12.9.